The summed E-state index contributed by atoms with van der Waals surface area (Å²) >= 11 is 0. The number of nitrogens with zero attached hydrogens (tertiary/aromatic N) is 1. The highest BCUT2D eigenvalue weighted by molar-refractivity contribution is 5.95. The van der Waals surface area contributed by atoms with Gasteiger partial charge in [-0.15, -0.1) is 0 Å². The number of aliphatic hydroxyl groups is 1. The number of alkyl halides is 3. The number of nitrogens with one attached hydrogen (secondary N) is 1. The van der Waals surface area contributed by atoms with E-state index in [0.29, 0.717) is 0 Å². The summed E-state index contributed by atoms with van der Waals surface area (Å²) in [5, 5.41) is 8.95. The lowest BCUT2D eigenvalue weighted by Gasteiger charge is -2.26. The second-order valence-corrected chi connectivity index (χ2v) is 4.72. The molecule has 1 amide bonds. The van der Waals surface area contributed by atoms with Crippen LogP contribution in [0.15, 0.2) is 18.2 Å². The Morgan fingerprint density at radius 3 is 2.48 bits per heavy atom. The molecule has 0 unspecified atom stereocenters. The fraction of sp³-hybridized carbons (Fsp3) is 0.462. The second-order valence-electron chi connectivity index (χ2n) is 4.72. The summed E-state index contributed by atoms with van der Waals surface area (Å²) in [4.78, 5) is 13.5. The number of halogens is 3. The maximum atomic E-state index is 12.9. The zero-order valence-corrected chi connectivity index (χ0v) is 11.7. The first-order chi connectivity index (χ1) is 9.72. The number of carbonyl (C=O) groups is 1. The van der Waals surface area contributed by atoms with Crippen molar-refractivity contribution >= 4 is 11.6 Å². The molecule has 0 bridgehead atoms. The number of rotatable bonds is 5. The molecule has 0 aliphatic carbocycles. The molecule has 1 aromatic rings. The number of amides is 1. The Bertz CT molecular complexity index is 504. The minimum atomic E-state index is -4.63. The molecule has 4 N–H and O–H groups in total. The summed E-state index contributed by atoms with van der Waals surface area (Å²) < 4.78 is 38.8. The Labute approximate surface area is 120 Å². The highest BCUT2D eigenvalue weighted by Gasteiger charge is 2.34. The Morgan fingerprint density at radius 1 is 1.43 bits per heavy atom. The van der Waals surface area contributed by atoms with Gasteiger partial charge in [0.2, 0.25) is 0 Å². The first-order valence-electron chi connectivity index (χ1n) is 6.32. The van der Waals surface area contributed by atoms with Gasteiger partial charge < -0.3 is 15.4 Å². The van der Waals surface area contributed by atoms with Crippen LogP contribution in [0.4, 0.5) is 18.9 Å². The van der Waals surface area contributed by atoms with Gasteiger partial charge in [-0.25, -0.2) is 0 Å². The Hall–Kier alpha value is -1.80. The fourth-order valence-corrected chi connectivity index (χ4v) is 1.91. The molecule has 0 spiro atoms. The van der Waals surface area contributed by atoms with Crippen LogP contribution in [0, 0.1) is 0 Å². The lowest BCUT2D eigenvalue weighted by molar-refractivity contribution is -0.137. The Morgan fingerprint density at radius 2 is 2.05 bits per heavy atom. The van der Waals surface area contributed by atoms with Gasteiger partial charge in [0.05, 0.1) is 17.9 Å². The van der Waals surface area contributed by atoms with Crippen LogP contribution < -0.4 is 11.3 Å². The van der Waals surface area contributed by atoms with Crippen LogP contribution in [0.25, 0.3) is 0 Å². The van der Waals surface area contributed by atoms with Crippen LogP contribution in [0.2, 0.25) is 0 Å². The molecule has 1 aromatic carbocycles. The molecule has 0 heterocycles. The van der Waals surface area contributed by atoms with Crippen molar-refractivity contribution in [3.8, 4) is 0 Å². The number of hydrogen-bond acceptors (Lipinski definition) is 4. The SMILES string of the molecule is CC(C)N(CCO)C(=O)c1ccc(NN)c(C(F)(F)F)c1. The fourth-order valence-electron chi connectivity index (χ4n) is 1.91. The summed E-state index contributed by atoms with van der Waals surface area (Å²) in [5.74, 6) is 4.48. The highest BCUT2D eigenvalue weighted by atomic mass is 19.4. The van der Waals surface area contributed by atoms with E-state index in [9.17, 15) is 18.0 Å². The summed E-state index contributed by atoms with van der Waals surface area (Å²) in [7, 11) is 0. The standard InChI is InChI=1S/C13H18F3N3O2/c1-8(2)19(5-6-20)12(21)9-3-4-11(18-17)10(7-9)13(14,15)16/h3-4,7-8,18,20H,5-6,17H2,1-2H3. The number of benzene rings is 1. The van der Waals surface area contributed by atoms with Crippen LogP contribution >= 0.6 is 0 Å². The van der Waals surface area contributed by atoms with Crippen molar-refractivity contribution in [2.45, 2.75) is 26.1 Å². The maximum Gasteiger partial charge on any atom is 0.418 e. The van der Waals surface area contributed by atoms with E-state index in [-0.39, 0.29) is 30.4 Å². The van der Waals surface area contributed by atoms with Crippen LogP contribution in [0.1, 0.15) is 29.8 Å². The largest absolute Gasteiger partial charge is 0.418 e. The van der Waals surface area contributed by atoms with E-state index >= 15 is 0 Å². The number of hydrogen-bond donors (Lipinski definition) is 3. The van der Waals surface area contributed by atoms with Gasteiger partial charge in [-0.1, -0.05) is 0 Å². The van der Waals surface area contributed by atoms with Crippen molar-refractivity contribution < 1.29 is 23.1 Å². The van der Waals surface area contributed by atoms with E-state index < -0.39 is 17.6 Å². The third-order valence-electron chi connectivity index (χ3n) is 2.95. The van der Waals surface area contributed by atoms with Crippen molar-refractivity contribution in [1.29, 1.82) is 0 Å². The van der Waals surface area contributed by atoms with Crippen molar-refractivity contribution in [1.82, 2.24) is 4.90 Å². The van der Waals surface area contributed by atoms with Gasteiger partial charge in [-0.3, -0.25) is 10.6 Å². The number of hydrazine groups is 1. The molecule has 0 radical (unpaired) electrons. The van der Waals surface area contributed by atoms with Crippen molar-refractivity contribution in [3.05, 3.63) is 29.3 Å². The van der Waals surface area contributed by atoms with Gasteiger partial charge >= 0.3 is 6.18 Å². The summed E-state index contributed by atoms with van der Waals surface area (Å²) in [6.07, 6.45) is -4.63. The number of carbonyl (C=O) groups excluding carboxylic acids is 1. The van der Waals surface area contributed by atoms with Gasteiger partial charge in [0.1, 0.15) is 0 Å². The van der Waals surface area contributed by atoms with Crippen molar-refractivity contribution in [3.63, 3.8) is 0 Å². The van der Waals surface area contributed by atoms with Gasteiger partial charge in [0.15, 0.2) is 0 Å². The average molecular weight is 305 g/mol. The molecule has 0 aliphatic rings. The monoisotopic (exact) mass is 305 g/mol. The first-order valence-corrected chi connectivity index (χ1v) is 6.32. The Kier molecular flexibility index (Phi) is 5.56. The first kappa shape index (κ1) is 17.3. The highest BCUT2D eigenvalue weighted by Crippen LogP contribution is 2.35. The van der Waals surface area contributed by atoms with Crippen LogP contribution in [0.3, 0.4) is 0 Å². The predicted molar refractivity (Wildman–Crippen MR) is 72.5 cm³/mol. The molecular weight excluding hydrogens is 287 g/mol. The van der Waals surface area contributed by atoms with E-state index in [2.05, 4.69) is 0 Å². The molecule has 21 heavy (non-hydrogen) atoms. The minimum absolute atomic E-state index is 0.0503. The molecular formula is C13H18F3N3O2. The maximum absolute atomic E-state index is 12.9. The van der Waals surface area contributed by atoms with Crippen LogP contribution in [-0.2, 0) is 6.18 Å². The van der Waals surface area contributed by atoms with Gasteiger partial charge in [0.25, 0.3) is 5.91 Å². The van der Waals surface area contributed by atoms with Gasteiger partial charge in [0, 0.05) is 18.2 Å². The van der Waals surface area contributed by atoms with E-state index in [1.54, 1.807) is 13.8 Å². The number of aliphatic hydroxyl groups excluding tert-OH is 1. The van der Waals surface area contributed by atoms with E-state index in [1.807, 2.05) is 5.43 Å². The number of anilines is 1. The van der Waals surface area contributed by atoms with E-state index in [0.717, 1.165) is 12.1 Å². The molecule has 118 valence electrons. The second kappa shape index (κ2) is 6.77. The summed E-state index contributed by atoms with van der Waals surface area (Å²) in [5.41, 5.74) is 0.534. The van der Waals surface area contributed by atoms with E-state index in [4.69, 9.17) is 10.9 Å². The summed E-state index contributed by atoms with van der Waals surface area (Å²) in [6.45, 7) is 3.22. The number of nitrogens with two attached hydrogens (primary N) is 1. The molecule has 0 aromatic heterocycles. The Balaban J connectivity index is 3.22. The average Bonchev–Trinajstić information content (AvgIpc) is 2.42. The molecule has 0 saturated heterocycles. The smallest absolute Gasteiger partial charge is 0.395 e. The topological polar surface area (TPSA) is 78.6 Å². The molecule has 0 aliphatic heterocycles. The third kappa shape index (κ3) is 4.08. The lowest BCUT2D eigenvalue weighted by Crippen LogP contribution is -2.39. The molecule has 1 rings (SSSR count). The molecule has 8 heteroatoms. The summed E-state index contributed by atoms with van der Waals surface area (Å²) in [6, 6.07) is 2.88. The third-order valence-corrected chi connectivity index (χ3v) is 2.95. The zero-order chi connectivity index (χ0) is 16.2. The lowest BCUT2D eigenvalue weighted by atomic mass is 10.1. The molecule has 0 saturated carbocycles. The van der Waals surface area contributed by atoms with Gasteiger partial charge in [-0.05, 0) is 32.0 Å². The van der Waals surface area contributed by atoms with E-state index in [1.165, 1.54) is 11.0 Å². The van der Waals surface area contributed by atoms with Crippen molar-refractivity contribution in [2.24, 2.45) is 5.84 Å². The van der Waals surface area contributed by atoms with Crippen LogP contribution in [-0.4, -0.2) is 35.1 Å². The molecule has 0 fully saturated rings. The van der Waals surface area contributed by atoms with Crippen LogP contribution in [0.5, 0.6) is 0 Å². The normalized spacial score (nSPS) is 11.6. The minimum Gasteiger partial charge on any atom is -0.395 e. The molecule has 5 nitrogen and oxygen atoms in total. The predicted octanol–water partition coefficient (Wildman–Crippen LogP) is 1.83. The number of nitrogen functional groups attached to an aromatic ring is 1. The zero-order valence-electron chi connectivity index (χ0n) is 11.7. The van der Waals surface area contributed by atoms with Crippen molar-refractivity contribution in [2.75, 3.05) is 18.6 Å². The molecule has 0 atom stereocenters. The quantitative estimate of drug-likeness (QED) is 0.573. The van der Waals surface area contributed by atoms with Gasteiger partial charge in [-0.2, -0.15) is 13.2 Å².